The van der Waals surface area contributed by atoms with Crippen molar-refractivity contribution in [2.24, 2.45) is 0 Å². The molecule has 0 bridgehead atoms. The van der Waals surface area contributed by atoms with E-state index in [1.165, 1.54) is 42.4 Å². The molecule has 1 unspecified atom stereocenters. The summed E-state index contributed by atoms with van der Waals surface area (Å²) in [6.07, 6.45) is 5.13. The van der Waals surface area contributed by atoms with Crippen molar-refractivity contribution in [1.82, 2.24) is 0 Å². The van der Waals surface area contributed by atoms with Crippen LogP contribution < -0.4 is 0 Å². The van der Waals surface area contributed by atoms with Crippen LogP contribution in [0.15, 0.2) is 54.6 Å². The van der Waals surface area contributed by atoms with Gasteiger partial charge in [0.1, 0.15) is 0 Å². The second-order valence-electron chi connectivity index (χ2n) is 5.20. The molecule has 19 heavy (non-hydrogen) atoms. The quantitative estimate of drug-likeness (QED) is 0.588. The van der Waals surface area contributed by atoms with Crippen molar-refractivity contribution in [3.05, 3.63) is 60.2 Å². The second kappa shape index (κ2) is 7.13. The molecule has 100 valence electrons. The Hall–Kier alpha value is -1.56. The van der Waals surface area contributed by atoms with Gasteiger partial charge < -0.3 is 0 Å². The molecule has 0 saturated heterocycles. The Morgan fingerprint density at radius 3 is 2.21 bits per heavy atom. The third-order valence-electron chi connectivity index (χ3n) is 3.88. The first-order valence-corrected chi connectivity index (χ1v) is 7.51. The van der Waals surface area contributed by atoms with Gasteiger partial charge in [-0.1, -0.05) is 81.3 Å². The van der Waals surface area contributed by atoms with Gasteiger partial charge >= 0.3 is 0 Å². The molecule has 1 atom stereocenters. The molecule has 0 heteroatoms. The Morgan fingerprint density at radius 1 is 0.842 bits per heavy atom. The lowest BCUT2D eigenvalue weighted by molar-refractivity contribution is 0.571. The maximum Gasteiger partial charge on any atom is -0.0149 e. The number of hydrogen-bond donors (Lipinski definition) is 0. The van der Waals surface area contributed by atoms with Crippen LogP contribution in [0.5, 0.6) is 0 Å². The first-order valence-electron chi connectivity index (χ1n) is 7.51. The van der Waals surface area contributed by atoms with Gasteiger partial charge in [-0.25, -0.2) is 0 Å². The van der Waals surface area contributed by atoms with Crippen molar-refractivity contribution in [2.75, 3.05) is 0 Å². The van der Waals surface area contributed by atoms with Crippen LogP contribution in [0.25, 0.3) is 11.1 Å². The van der Waals surface area contributed by atoms with Crippen LogP contribution in [0.2, 0.25) is 0 Å². The minimum Gasteiger partial charge on any atom is -0.0654 e. The Morgan fingerprint density at radius 2 is 1.53 bits per heavy atom. The summed E-state index contributed by atoms with van der Waals surface area (Å²) in [7, 11) is 0. The zero-order valence-electron chi connectivity index (χ0n) is 12.1. The summed E-state index contributed by atoms with van der Waals surface area (Å²) in [5.74, 6) is 0.691. The first-order chi connectivity index (χ1) is 9.36. The third-order valence-corrected chi connectivity index (χ3v) is 3.88. The normalized spacial score (nSPS) is 12.3. The highest BCUT2D eigenvalue weighted by molar-refractivity contribution is 5.67. The van der Waals surface area contributed by atoms with E-state index in [1.54, 1.807) is 0 Å². The van der Waals surface area contributed by atoms with E-state index in [9.17, 15) is 0 Å². The average molecular weight is 252 g/mol. The van der Waals surface area contributed by atoms with Crippen LogP contribution in [-0.4, -0.2) is 0 Å². The summed E-state index contributed by atoms with van der Waals surface area (Å²) in [5, 5.41) is 0. The van der Waals surface area contributed by atoms with Crippen LogP contribution >= 0.6 is 0 Å². The second-order valence-corrected chi connectivity index (χ2v) is 5.20. The lowest BCUT2D eigenvalue weighted by atomic mass is 9.86. The number of unbranched alkanes of at least 4 members (excludes halogenated alkanes) is 1. The highest BCUT2D eigenvalue weighted by Crippen LogP contribution is 2.33. The van der Waals surface area contributed by atoms with Crippen LogP contribution in [0, 0.1) is 0 Å². The average Bonchev–Trinajstić information content (AvgIpc) is 2.49. The third kappa shape index (κ3) is 3.47. The van der Waals surface area contributed by atoms with Crippen molar-refractivity contribution in [3.8, 4) is 11.1 Å². The van der Waals surface area contributed by atoms with Crippen molar-refractivity contribution >= 4 is 0 Å². The van der Waals surface area contributed by atoms with Crippen LogP contribution in [0.3, 0.4) is 0 Å². The van der Waals surface area contributed by atoms with Crippen molar-refractivity contribution in [2.45, 2.75) is 45.4 Å². The van der Waals surface area contributed by atoms with Crippen molar-refractivity contribution in [3.63, 3.8) is 0 Å². The SMILES string of the molecule is CCCCC(CC)c1ccccc1-c1ccccc1. The fraction of sp³-hybridized carbons (Fsp3) is 0.368. The minimum absolute atomic E-state index is 0.691. The molecule has 0 spiro atoms. The molecule has 2 aromatic rings. The molecule has 0 heterocycles. The summed E-state index contributed by atoms with van der Waals surface area (Å²) < 4.78 is 0. The zero-order valence-corrected chi connectivity index (χ0v) is 12.1. The van der Waals surface area contributed by atoms with Crippen molar-refractivity contribution in [1.29, 1.82) is 0 Å². The number of rotatable bonds is 6. The molecular formula is C19H24. The first kappa shape index (κ1) is 13.9. The molecule has 0 aliphatic heterocycles. The van der Waals surface area contributed by atoms with E-state index in [4.69, 9.17) is 0 Å². The summed E-state index contributed by atoms with van der Waals surface area (Å²) in [6, 6.07) is 19.7. The molecule has 0 fully saturated rings. The summed E-state index contributed by atoms with van der Waals surface area (Å²) in [4.78, 5) is 0. The zero-order chi connectivity index (χ0) is 13.5. The predicted octanol–water partition coefficient (Wildman–Crippen LogP) is 6.04. The van der Waals surface area contributed by atoms with Gasteiger partial charge in [0.05, 0.1) is 0 Å². The van der Waals surface area contributed by atoms with E-state index in [1.807, 2.05) is 0 Å². The van der Waals surface area contributed by atoms with Crippen LogP contribution in [-0.2, 0) is 0 Å². The molecule has 0 amide bonds. The predicted molar refractivity (Wildman–Crippen MR) is 84.4 cm³/mol. The Bertz CT molecular complexity index is 484. The molecule has 0 nitrogen and oxygen atoms in total. The van der Waals surface area contributed by atoms with E-state index < -0.39 is 0 Å². The monoisotopic (exact) mass is 252 g/mol. The largest absolute Gasteiger partial charge is 0.0654 e. The topological polar surface area (TPSA) is 0 Å². The maximum atomic E-state index is 2.31. The van der Waals surface area contributed by atoms with Crippen molar-refractivity contribution < 1.29 is 0 Å². The fourth-order valence-electron chi connectivity index (χ4n) is 2.76. The molecule has 0 aromatic heterocycles. The Balaban J connectivity index is 2.35. The fourth-order valence-corrected chi connectivity index (χ4v) is 2.76. The number of hydrogen-bond acceptors (Lipinski definition) is 0. The van der Waals surface area contributed by atoms with E-state index in [0.29, 0.717) is 5.92 Å². The molecule has 0 aliphatic rings. The summed E-state index contributed by atoms with van der Waals surface area (Å²) in [5.41, 5.74) is 4.27. The molecule has 0 N–H and O–H groups in total. The van der Waals surface area contributed by atoms with Gasteiger partial charge in [0.25, 0.3) is 0 Å². The maximum absolute atomic E-state index is 2.31. The summed E-state index contributed by atoms with van der Waals surface area (Å²) in [6.45, 7) is 4.58. The minimum atomic E-state index is 0.691. The van der Waals surface area contributed by atoms with Gasteiger partial charge in [-0.2, -0.15) is 0 Å². The molecule has 0 aliphatic carbocycles. The molecule has 2 aromatic carbocycles. The lowest BCUT2D eigenvalue weighted by Crippen LogP contribution is -2.00. The van der Waals surface area contributed by atoms with Gasteiger partial charge in [-0.3, -0.25) is 0 Å². The van der Waals surface area contributed by atoms with Crippen LogP contribution in [0.4, 0.5) is 0 Å². The lowest BCUT2D eigenvalue weighted by Gasteiger charge is -2.19. The molecule has 0 radical (unpaired) electrons. The van der Waals surface area contributed by atoms with Gasteiger partial charge in [0, 0.05) is 0 Å². The number of benzene rings is 2. The molecular weight excluding hydrogens is 228 g/mol. The van der Waals surface area contributed by atoms with E-state index in [-0.39, 0.29) is 0 Å². The Kier molecular flexibility index (Phi) is 5.20. The Labute approximate surface area is 117 Å². The van der Waals surface area contributed by atoms with Crippen LogP contribution in [0.1, 0.15) is 51.0 Å². The molecule has 2 rings (SSSR count). The van der Waals surface area contributed by atoms with E-state index in [2.05, 4.69) is 68.4 Å². The summed E-state index contributed by atoms with van der Waals surface area (Å²) >= 11 is 0. The van der Waals surface area contributed by atoms with E-state index in [0.717, 1.165) is 0 Å². The van der Waals surface area contributed by atoms with Gasteiger partial charge in [-0.15, -0.1) is 0 Å². The van der Waals surface area contributed by atoms with Gasteiger partial charge in [0.2, 0.25) is 0 Å². The smallest absolute Gasteiger partial charge is 0.0149 e. The van der Waals surface area contributed by atoms with Gasteiger partial charge in [-0.05, 0) is 35.4 Å². The van der Waals surface area contributed by atoms with E-state index >= 15 is 0 Å². The standard InChI is InChI=1S/C19H24/c1-3-5-11-16(4-2)18-14-9-10-15-19(18)17-12-7-6-8-13-17/h6-10,12-16H,3-5,11H2,1-2H3. The highest BCUT2D eigenvalue weighted by atomic mass is 14.2. The highest BCUT2D eigenvalue weighted by Gasteiger charge is 2.13. The van der Waals surface area contributed by atoms with Gasteiger partial charge in [0.15, 0.2) is 0 Å². The molecule has 0 saturated carbocycles.